The molecule has 2 aromatic rings. The summed E-state index contributed by atoms with van der Waals surface area (Å²) in [5.74, 6) is 0.0657. The minimum absolute atomic E-state index is 0.0657. The van der Waals surface area contributed by atoms with Crippen LogP contribution in [0.15, 0.2) is 33.9 Å². The van der Waals surface area contributed by atoms with Crippen LogP contribution in [0.1, 0.15) is 19.8 Å². The van der Waals surface area contributed by atoms with Crippen LogP contribution < -0.4 is 11.1 Å². The molecule has 1 aromatic heterocycles. The van der Waals surface area contributed by atoms with Crippen molar-refractivity contribution in [2.45, 2.75) is 26.3 Å². The van der Waals surface area contributed by atoms with E-state index in [1.165, 1.54) is 4.68 Å². The summed E-state index contributed by atoms with van der Waals surface area (Å²) >= 11 is 0. The zero-order valence-corrected chi connectivity index (χ0v) is 10.1. The fourth-order valence-corrected chi connectivity index (χ4v) is 1.82. The smallest absolute Gasteiger partial charge is 0.273 e. The average Bonchev–Trinajstić information content (AvgIpc) is 2.41. The second-order valence-corrected chi connectivity index (χ2v) is 4.09. The Bertz CT molecular complexity index is 697. The molecule has 0 spiro atoms. The van der Waals surface area contributed by atoms with Gasteiger partial charge in [0.05, 0.1) is 10.8 Å². The van der Waals surface area contributed by atoms with Crippen LogP contribution in [0.3, 0.4) is 0 Å². The zero-order chi connectivity index (χ0) is 13.1. The number of Topliss-reactive ketones (excluding diaryl/α,β-unsaturated/α-hetero) is 1. The molecule has 1 N–H and O–H groups in total. The van der Waals surface area contributed by atoms with E-state index in [1.54, 1.807) is 31.2 Å². The van der Waals surface area contributed by atoms with E-state index in [2.05, 4.69) is 5.10 Å². The van der Waals surface area contributed by atoms with Crippen LogP contribution in [-0.2, 0) is 11.3 Å². The third-order valence-corrected chi connectivity index (χ3v) is 2.89. The monoisotopic (exact) mass is 246 g/mol. The van der Waals surface area contributed by atoms with Crippen molar-refractivity contribution in [3.8, 4) is 0 Å². The Morgan fingerprint density at radius 2 is 1.89 bits per heavy atom. The van der Waals surface area contributed by atoms with E-state index in [-0.39, 0.29) is 29.9 Å². The molecule has 0 radical (unpaired) electrons. The number of aryl methyl sites for hydroxylation is 1. The van der Waals surface area contributed by atoms with Crippen molar-refractivity contribution in [1.29, 1.82) is 0 Å². The number of nitrogens with zero attached hydrogens (tertiary/aromatic N) is 1. The number of ketones is 1. The third kappa shape index (κ3) is 2.25. The summed E-state index contributed by atoms with van der Waals surface area (Å²) in [6.45, 7) is 1.99. The standard InChI is InChI=1S/C13H14N2O3/c1-2-9(16)7-8-15-13(18)11-6-4-3-5-10(11)12(17)14-15/h3-6H,2,7-8H2,1H3,(H,14,17). The summed E-state index contributed by atoms with van der Waals surface area (Å²) in [4.78, 5) is 35.1. The Hall–Kier alpha value is -2.17. The van der Waals surface area contributed by atoms with Gasteiger partial charge in [0.1, 0.15) is 5.78 Å². The Morgan fingerprint density at radius 3 is 2.56 bits per heavy atom. The first-order valence-electron chi connectivity index (χ1n) is 5.87. The Morgan fingerprint density at radius 1 is 1.22 bits per heavy atom. The maximum absolute atomic E-state index is 12.1. The van der Waals surface area contributed by atoms with Gasteiger partial charge >= 0.3 is 0 Å². The van der Waals surface area contributed by atoms with Crippen molar-refractivity contribution >= 4 is 16.6 Å². The molecule has 0 saturated carbocycles. The van der Waals surface area contributed by atoms with Crippen LogP contribution in [0.5, 0.6) is 0 Å². The van der Waals surface area contributed by atoms with Crippen molar-refractivity contribution < 1.29 is 4.79 Å². The zero-order valence-electron chi connectivity index (χ0n) is 10.1. The summed E-state index contributed by atoms with van der Waals surface area (Å²) in [6, 6.07) is 6.65. The van der Waals surface area contributed by atoms with Gasteiger partial charge in [0, 0.05) is 19.4 Å². The van der Waals surface area contributed by atoms with Crippen molar-refractivity contribution in [2.24, 2.45) is 0 Å². The average molecular weight is 246 g/mol. The first-order valence-corrected chi connectivity index (χ1v) is 5.87. The molecular formula is C13H14N2O3. The highest BCUT2D eigenvalue weighted by molar-refractivity contribution is 5.80. The largest absolute Gasteiger partial charge is 0.300 e. The maximum atomic E-state index is 12.1. The number of carbonyl (C=O) groups is 1. The number of aromatic amines is 1. The molecule has 2 rings (SSSR count). The molecule has 0 aliphatic rings. The van der Waals surface area contributed by atoms with Crippen molar-refractivity contribution in [3.05, 3.63) is 45.0 Å². The number of hydrogen-bond donors (Lipinski definition) is 1. The molecule has 0 aliphatic carbocycles. The van der Waals surface area contributed by atoms with Gasteiger partial charge in [-0.25, -0.2) is 4.68 Å². The SMILES string of the molecule is CCC(=O)CCn1[nH]c(=O)c2ccccc2c1=O. The summed E-state index contributed by atoms with van der Waals surface area (Å²) in [7, 11) is 0. The van der Waals surface area contributed by atoms with Gasteiger partial charge in [-0.3, -0.25) is 19.5 Å². The van der Waals surface area contributed by atoms with Crippen molar-refractivity contribution in [2.75, 3.05) is 0 Å². The second kappa shape index (κ2) is 5.00. The fraction of sp³-hybridized carbons (Fsp3) is 0.308. The minimum Gasteiger partial charge on any atom is -0.300 e. The Kier molecular flexibility index (Phi) is 3.41. The molecule has 0 bridgehead atoms. The highest BCUT2D eigenvalue weighted by Gasteiger charge is 2.07. The van der Waals surface area contributed by atoms with E-state index in [1.807, 2.05) is 0 Å². The number of aromatic nitrogens is 2. The van der Waals surface area contributed by atoms with E-state index >= 15 is 0 Å². The number of rotatable bonds is 4. The second-order valence-electron chi connectivity index (χ2n) is 4.09. The number of hydrogen-bond acceptors (Lipinski definition) is 3. The van der Waals surface area contributed by atoms with Crippen LogP contribution >= 0.6 is 0 Å². The van der Waals surface area contributed by atoms with E-state index in [0.29, 0.717) is 17.2 Å². The molecule has 1 aromatic carbocycles. The number of nitrogens with one attached hydrogen (secondary N) is 1. The third-order valence-electron chi connectivity index (χ3n) is 2.89. The highest BCUT2D eigenvalue weighted by atomic mass is 16.2. The maximum Gasteiger partial charge on any atom is 0.273 e. The van der Waals surface area contributed by atoms with E-state index < -0.39 is 0 Å². The summed E-state index contributed by atoms with van der Waals surface area (Å²) < 4.78 is 1.21. The van der Waals surface area contributed by atoms with E-state index in [9.17, 15) is 14.4 Å². The topological polar surface area (TPSA) is 71.9 Å². The molecule has 0 amide bonds. The van der Waals surface area contributed by atoms with Crippen molar-refractivity contribution in [1.82, 2.24) is 9.78 Å². The van der Waals surface area contributed by atoms with Gasteiger partial charge < -0.3 is 0 Å². The molecule has 0 saturated heterocycles. The van der Waals surface area contributed by atoms with Crippen molar-refractivity contribution in [3.63, 3.8) is 0 Å². The fourth-order valence-electron chi connectivity index (χ4n) is 1.82. The lowest BCUT2D eigenvalue weighted by Gasteiger charge is -2.05. The molecule has 5 heteroatoms. The number of benzene rings is 1. The summed E-state index contributed by atoms with van der Waals surface area (Å²) in [5, 5.41) is 3.25. The van der Waals surface area contributed by atoms with Gasteiger partial charge in [-0.15, -0.1) is 0 Å². The van der Waals surface area contributed by atoms with Crippen LogP contribution in [0.4, 0.5) is 0 Å². The van der Waals surface area contributed by atoms with Crippen LogP contribution in [-0.4, -0.2) is 15.6 Å². The van der Waals surface area contributed by atoms with Crippen LogP contribution in [0, 0.1) is 0 Å². The molecular weight excluding hydrogens is 232 g/mol. The number of carbonyl (C=O) groups excluding carboxylic acids is 1. The molecule has 1 heterocycles. The lowest BCUT2D eigenvalue weighted by molar-refractivity contribution is -0.119. The number of H-pyrrole nitrogens is 1. The molecule has 0 unspecified atom stereocenters. The van der Waals surface area contributed by atoms with Gasteiger partial charge in [0.15, 0.2) is 0 Å². The van der Waals surface area contributed by atoms with Gasteiger partial charge in [0.2, 0.25) is 0 Å². The van der Waals surface area contributed by atoms with Gasteiger partial charge in [0.25, 0.3) is 11.1 Å². The van der Waals surface area contributed by atoms with E-state index in [4.69, 9.17) is 0 Å². The summed E-state index contributed by atoms with van der Waals surface area (Å²) in [6.07, 6.45) is 0.692. The summed E-state index contributed by atoms with van der Waals surface area (Å²) in [5.41, 5.74) is -0.580. The quantitative estimate of drug-likeness (QED) is 0.876. The Labute approximate surface area is 103 Å². The molecule has 0 fully saturated rings. The number of fused-ring (bicyclic) bond motifs is 1. The normalized spacial score (nSPS) is 10.7. The lowest BCUT2D eigenvalue weighted by atomic mass is 10.2. The predicted molar refractivity (Wildman–Crippen MR) is 68.7 cm³/mol. The van der Waals surface area contributed by atoms with Gasteiger partial charge in [-0.05, 0) is 12.1 Å². The molecule has 0 atom stereocenters. The first kappa shape index (κ1) is 12.3. The highest BCUT2D eigenvalue weighted by Crippen LogP contribution is 2.02. The molecule has 5 nitrogen and oxygen atoms in total. The molecule has 0 aliphatic heterocycles. The van der Waals surface area contributed by atoms with Crippen LogP contribution in [0.25, 0.3) is 10.8 Å². The van der Waals surface area contributed by atoms with Crippen LogP contribution in [0.2, 0.25) is 0 Å². The Balaban J connectivity index is 2.47. The molecule has 94 valence electrons. The first-order chi connectivity index (χ1) is 8.63. The lowest BCUT2D eigenvalue weighted by Crippen LogP contribution is -2.30. The minimum atomic E-state index is -0.311. The predicted octanol–water partition coefficient (Wildman–Crippen LogP) is 1.06. The van der Waals surface area contributed by atoms with E-state index in [0.717, 1.165) is 0 Å². The van der Waals surface area contributed by atoms with Gasteiger partial charge in [-0.2, -0.15) is 0 Å². The van der Waals surface area contributed by atoms with Gasteiger partial charge in [-0.1, -0.05) is 19.1 Å². The molecule has 18 heavy (non-hydrogen) atoms.